The lowest BCUT2D eigenvalue weighted by Crippen LogP contribution is -2.60. The number of nitrogens with zero attached hydrogens (tertiary/aromatic N) is 1. The van der Waals surface area contributed by atoms with Gasteiger partial charge in [-0.05, 0) is 17.9 Å². The third kappa shape index (κ3) is 2.18. The maximum Gasteiger partial charge on any atom is 0.228 e. The predicted molar refractivity (Wildman–Crippen MR) is 68.7 cm³/mol. The highest BCUT2D eigenvalue weighted by molar-refractivity contribution is 7.10. The average Bonchev–Trinajstić information content (AvgIpc) is 3.02. The highest BCUT2D eigenvalue weighted by atomic mass is 32.1. The van der Waals surface area contributed by atoms with Crippen molar-refractivity contribution < 1.29 is 14.3 Å². The largest absolute Gasteiger partial charge is 0.379 e. The summed E-state index contributed by atoms with van der Waals surface area (Å²) in [5.41, 5.74) is -0.202. The number of hydrogen-bond donors (Lipinski definition) is 0. The van der Waals surface area contributed by atoms with Crippen LogP contribution in [0.5, 0.6) is 0 Å². The molecule has 0 aromatic carbocycles. The SMILES string of the molecule is O=C(Cc1cccs1)N1CCOC[C@]12CCOC2. The molecule has 2 fully saturated rings. The Labute approximate surface area is 110 Å². The molecule has 3 heterocycles. The quantitative estimate of drug-likeness (QED) is 0.811. The third-order valence-corrected chi connectivity index (χ3v) is 4.57. The number of thiophene rings is 1. The van der Waals surface area contributed by atoms with E-state index in [9.17, 15) is 4.79 Å². The summed E-state index contributed by atoms with van der Waals surface area (Å²) in [5, 5.41) is 2.01. The number of morpholine rings is 1. The van der Waals surface area contributed by atoms with Crippen molar-refractivity contribution in [1.82, 2.24) is 4.90 Å². The van der Waals surface area contributed by atoms with Gasteiger partial charge in [-0.15, -0.1) is 11.3 Å². The first kappa shape index (κ1) is 12.1. The van der Waals surface area contributed by atoms with Crippen LogP contribution in [-0.2, 0) is 20.7 Å². The Hall–Kier alpha value is -0.910. The number of hydrogen-bond acceptors (Lipinski definition) is 4. The first-order valence-electron chi connectivity index (χ1n) is 6.29. The number of carbonyl (C=O) groups is 1. The van der Waals surface area contributed by atoms with E-state index in [4.69, 9.17) is 9.47 Å². The van der Waals surface area contributed by atoms with E-state index in [1.54, 1.807) is 11.3 Å². The maximum absolute atomic E-state index is 12.4. The average molecular weight is 267 g/mol. The van der Waals surface area contributed by atoms with Crippen LogP contribution in [0.1, 0.15) is 11.3 Å². The molecule has 0 unspecified atom stereocenters. The van der Waals surface area contributed by atoms with Crippen molar-refractivity contribution in [1.29, 1.82) is 0 Å². The lowest BCUT2D eigenvalue weighted by atomic mass is 9.95. The Morgan fingerprint density at radius 2 is 2.22 bits per heavy atom. The summed E-state index contributed by atoms with van der Waals surface area (Å²) < 4.78 is 11.0. The number of ether oxygens (including phenoxy) is 2. The zero-order valence-electron chi connectivity index (χ0n) is 10.3. The molecule has 0 N–H and O–H groups in total. The highest BCUT2D eigenvalue weighted by Gasteiger charge is 2.45. The van der Waals surface area contributed by atoms with Gasteiger partial charge in [-0.3, -0.25) is 4.79 Å². The van der Waals surface area contributed by atoms with Crippen molar-refractivity contribution in [2.45, 2.75) is 18.4 Å². The van der Waals surface area contributed by atoms with E-state index in [1.807, 2.05) is 22.4 Å². The minimum absolute atomic E-state index is 0.200. The molecule has 1 amide bonds. The molecule has 0 bridgehead atoms. The van der Waals surface area contributed by atoms with Gasteiger partial charge in [0, 0.05) is 18.0 Å². The Kier molecular flexibility index (Phi) is 3.37. The van der Waals surface area contributed by atoms with Gasteiger partial charge in [0.15, 0.2) is 0 Å². The lowest BCUT2D eigenvalue weighted by Gasteiger charge is -2.43. The molecule has 2 aliphatic rings. The van der Waals surface area contributed by atoms with Gasteiger partial charge in [0.2, 0.25) is 5.91 Å². The van der Waals surface area contributed by atoms with Gasteiger partial charge in [-0.25, -0.2) is 0 Å². The molecular weight excluding hydrogens is 250 g/mol. The van der Waals surface area contributed by atoms with Crippen LogP contribution in [0.15, 0.2) is 17.5 Å². The van der Waals surface area contributed by atoms with Crippen molar-refractivity contribution in [2.24, 2.45) is 0 Å². The summed E-state index contributed by atoms with van der Waals surface area (Å²) in [7, 11) is 0. The topological polar surface area (TPSA) is 38.8 Å². The second-order valence-corrected chi connectivity index (χ2v) is 5.91. The Morgan fingerprint density at radius 1 is 1.39 bits per heavy atom. The molecule has 1 aromatic heterocycles. The fourth-order valence-corrected chi connectivity index (χ4v) is 3.40. The van der Waals surface area contributed by atoms with Gasteiger partial charge in [0.1, 0.15) is 0 Å². The van der Waals surface area contributed by atoms with Gasteiger partial charge < -0.3 is 14.4 Å². The van der Waals surface area contributed by atoms with Crippen LogP contribution >= 0.6 is 11.3 Å². The first-order valence-corrected chi connectivity index (χ1v) is 7.16. The van der Waals surface area contributed by atoms with Crippen LogP contribution < -0.4 is 0 Å². The zero-order valence-corrected chi connectivity index (χ0v) is 11.1. The standard InChI is InChI=1S/C13H17NO3S/c15-12(8-11-2-1-7-18-11)14-4-6-17-10-13(14)3-5-16-9-13/h1-2,7H,3-6,8-10H2/t13-/m1/s1. The molecule has 1 atom stereocenters. The summed E-state index contributed by atoms with van der Waals surface area (Å²) in [4.78, 5) is 15.6. The minimum atomic E-state index is -0.202. The predicted octanol–water partition coefficient (Wildman–Crippen LogP) is 1.31. The van der Waals surface area contributed by atoms with Crippen molar-refractivity contribution >= 4 is 17.2 Å². The van der Waals surface area contributed by atoms with Crippen molar-refractivity contribution in [3.05, 3.63) is 22.4 Å². The Morgan fingerprint density at radius 3 is 2.94 bits per heavy atom. The first-order chi connectivity index (χ1) is 8.80. The molecule has 4 nitrogen and oxygen atoms in total. The van der Waals surface area contributed by atoms with Gasteiger partial charge in [0.25, 0.3) is 0 Å². The minimum Gasteiger partial charge on any atom is -0.379 e. The summed E-state index contributed by atoms with van der Waals surface area (Å²) >= 11 is 1.64. The van der Waals surface area contributed by atoms with Gasteiger partial charge in [-0.1, -0.05) is 6.07 Å². The van der Waals surface area contributed by atoms with Gasteiger partial charge >= 0.3 is 0 Å². The molecular formula is C13H17NO3S. The van der Waals surface area contributed by atoms with E-state index in [2.05, 4.69) is 0 Å². The molecule has 98 valence electrons. The van der Waals surface area contributed by atoms with Crippen molar-refractivity contribution in [3.8, 4) is 0 Å². The smallest absolute Gasteiger partial charge is 0.228 e. The number of rotatable bonds is 2. The van der Waals surface area contributed by atoms with Gasteiger partial charge in [0.05, 0.1) is 31.8 Å². The molecule has 0 aliphatic carbocycles. The molecule has 18 heavy (non-hydrogen) atoms. The summed E-state index contributed by atoms with van der Waals surface area (Å²) in [6.07, 6.45) is 1.39. The summed E-state index contributed by atoms with van der Waals surface area (Å²) in [6.45, 7) is 3.28. The molecule has 1 aromatic rings. The van der Waals surface area contributed by atoms with E-state index in [1.165, 1.54) is 0 Å². The molecule has 2 saturated heterocycles. The zero-order chi connectivity index (χ0) is 12.4. The third-order valence-electron chi connectivity index (χ3n) is 3.69. The number of carbonyl (C=O) groups excluding carboxylic acids is 1. The van der Waals surface area contributed by atoms with Crippen molar-refractivity contribution in [2.75, 3.05) is 33.0 Å². The molecule has 2 aliphatic heterocycles. The summed E-state index contributed by atoms with van der Waals surface area (Å²) in [5.74, 6) is 0.200. The number of amides is 1. The van der Waals surface area contributed by atoms with Crippen molar-refractivity contribution in [3.63, 3.8) is 0 Å². The fraction of sp³-hybridized carbons (Fsp3) is 0.615. The molecule has 0 saturated carbocycles. The van der Waals surface area contributed by atoms with E-state index in [0.717, 1.165) is 17.9 Å². The van der Waals surface area contributed by atoms with Crippen LogP contribution in [0.3, 0.4) is 0 Å². The van der Waals surface area contributed by atoms with Crippen LogP contribution in [0.4, 0.5) is 0 Å². The second-order valence-electron chi connectivity index (χ2n) is 4.88. The monoisotopic (exact) mass is 267 g/mol. The molecule has 3 rings (SSSR count). The molecule has 0 radical (unpaired) electrons. The Bertz CT molecular complexity index is 412. The van der Waals surface area contributed by atoms with Gasteiger partial charge in [-0.2, -0.15) is 0 Å². The molecule has 5 heteroatoms. The maximum atomic E-state index is 12.4. The van der Waals surface area contributed by atoms with Crippen LogP contribution in [-0.4, -0.2) is 49.3 Å². The van der Waals surface area contributed by atoms with E-state index in [-0.39, 0.29) is 11.4 Å². The molecule has 1 spiro atoms. The second kappa shape index (κ2) is 4.99. The van der Waals surface area contributed by atoms with Crippen LogP contribution in [0, 0.1) is 0 Å². The lowest BCUT2D eigenvalue weighted by molar-refractivity contribution is -0.148. The fourth-order valence-electron chi connectivity index (χ4n) is 2.70. The van der Waals surface area contributed by atoms with E-state index in [0.29, 0.717) is 32.8 Å². The van der Waals surface area contributed by atoms with Crippen LogP contribution in [0.2, 0.25) is 0 Å². The normalized spacial score (nSPS) is 27.9. The Balaban J connectivity index is 1.74. The summed E-state index contributed by atoms with van der Waals surface area (Å²) in [6, 6.07) is 4.00. The highest BCUT2D eigenvalue weighted by Crippen LogP contribution is 2.30. The van der Waals surface area contributed by atoms with E-state index < -0.39 is 0 Å². The van der Waals surface area contributed by atoms with E-state index >= 15 is 0 Å². The van der Waals surface area contributed by atoms with Crippen LogP contribution in [0.25, 0.3) is 0 Å².